The van der Waals surface area contributed by atoms with Crippen LogP contribution in [0.15, 0.2) is 17.4 Å². The molecule has 1 atom stereocenters. The lowest BCUT2D eigenvalue weighted by atomic mass is 10.2. The molecule has 1 aromatic heterocycles. The van der Waals surface area contributed by atoms with Gasteiger partial charge < -0.3 is 10.1 Å². The molecule has 0 aliphatic heterocycles. The molecule has 0 aliphatic rings. The largest absolute Gasteiger partial charge is 0.468 e. The van der Waals surface area contributed by atoms with Crippen molar-refractivity contribution in [2.45, 2.75) is 37.9 Å². The standard InChI is InChI=1S/C13H21N3O2S/c1-4-7-14-11(12(17)18-3)6-9-19-13-15-8-5-10(2)16-13/h5,8,11,14H,4,6-7,9H2,1-3H3. The van der Waals surface area contributed by atoms with E-state index in [1.54, 1.807) is 18.0 Å². The average molecular weight is 283 g/mol. The number of nitrogens with one attached hydrogen (secondary N) is 1. The topological polar surface area (TPSA) is 64.1 Å². The molecular formula is C13H21N3O2S. The predicted molar refractivity (Wildman–Crippen MR) is 76.2 cm³/mol. The highest BCUT2D eigenvalue weighted by Gasteiger charge is 2.17. The molecule has 0 radical (unpaired) electrons. The monoisotopic (exact) mass is 283 g/mol. The molecule has 0 aromatic carbocycles. The molecule has 1 unspecified atom stereocenters. The van der Waals surface area contributed by atoms with Gasteiger partial charge in [-0.1, -0.05) is 18.7 Å². The Balaban J connectivity index is 2.41. The minimum absolute atomic E-state index is 0.209. The second-order valence-electron chi connectivity index (χ2n) is 4.15. The van der Waals surface area contributed by atoms with Crippen LogP contribution in [0.5, 0.6) is 0 Å². The van der Waals surface area contributed by atoms with Crippen LogP contribution >= 0.6 is 11.8 Å². The first-order chi connectivity index (χ1) is 9.17. The van der Waals surface area contributed by atoms with Crippen LogP contribution in [0.3, 0.4) is 0 Å². The molecular weight excluding hydrogens is 262 g/mol. The van der Waals surface area contributed by atoms with Crippen molar-refractivity contribution in [3.63, 3.8) is 0 Å². The van der Waals surface area contributed by atoms with E-state index in [2.05, 4.69) is 22.2 Å². The zero-order chi connectivity index (χ0) is 14.1. The molecule has 1 N–H and O–H groups in total. The zero-order valence-corrected chi connectivity index (χ0v) is 12.5. The minimum atomic E-state index is -0.248. The second kappa shape index (κ2) is 8.87. The normalized spacial score (nSPS) is 12.2. The first-order valence-electron chi connectivity index (χ1n) is 6.41. The van der Waals surface area contributed by atoms with Crippen molar-refractivity contribution >= 4 is 17.7 Å². The minimum Gasteiger partial charge on any atom is -0.468 e. The molecule has 5 nitrogen and oxygen atoms in total. The molecule has 106 valence electrons. The lowest BCUT2D eigenvalue weighted by Crippen LogP contribution is -2.38. The van der Waals surface area contributed by atoms with E-state index in [1.807, 2.05) is 13.0 Å². The van der Waals surface area contributed by atoms with Crippen LogP contribution in [0.1, 0.15) is 25.5 Å². The van der Waals surface area contributed by atoms with Crippen LogP contribution < -0.4 is 5.32 Å². The van der Waals surface area contributed by atoms with Crippen LogP contribution in [0.4, 0.5) is 0 Å². The van der Waals surface area contributed by atoms with E-state index < -0.39 is 0 Å². The lowest BCUT2D eigenvalue weighted by Gasteiger charge is -2.15. The summed E-state index contributed by atoms with van der Waals surface area (Å²) in [5.41, 5.74) is 0.950. The number of hydrogen-bond donors (Lipinski definition) is 1. The first kappa shape index (κ1) is 15.9. The van der Waals surface area contributed by atoms with Gasteiger partial charge in [0.15, 0.2) is 5.16 Å². The van der Waals surface area contributed by atoms with Crippen molar-refractivity contribution in [3.05, 3.63) is 18.0 Å². The summed E-state index contributed by atoms with van der Waals surface area (Å²) < 4.78 is 4.79. The molecule has 0 saturated carbocycles. The summed E-state index contributed by atoms with van der Waals surface area (Å²) in [7, 11) is 1.42. The van der Waals surface area contributed by atoms with Crippen LogP contribution in [-0.2, 0) is 9.53 Å². The predicted octanol–water partition coefficient (Wildman–Crippen LogP) is 1.81. The molecule has 1 rings (SSSR count). The molecule has 0 amide bonds. The van der Waals surface area contributed by atoms with Gasteiger partial charge in [0, 0.05) is 17.6 Å². The number of hydrogen-bond acceptors (Lipinski definition) is 6. The van der Waals surface area contributed by atoms with Crippen molar-refractivity contribution in [3.8, 4) is 0 Å². The Morgan fingerprint density at radius 2 is 2.37 bits per heavy atom. The van der Waals surface area contributed by atoms with Crippen LogP contribution in [0.25, 0.3) is 0 Å². The number of esters is 1. The quantitative estimate of drug-likeness (QED) is 0.446. The first-order valence-corrected chi connectivity index (χ1v) is 7.39. The van der Waals surface area contributed by atoms with E-state index in [0.29, 0.717) is 6.42 Å². The molecule has 6 heteroatoms. The number of rotatable bonds is 8. The molecule has 0 aliphatic carbocycles. The van der Waals surface area contributed by atoms with E-state index >= 15 is 0 Å². The third kappa shape index (κ3) is 6.02. The maximum atomic E-state index is 11.6. The summed E-state index contributed by atoms with van der Waals surface area (Å²) in [6.45, 7) is 4.81. The Bertz CT molecular complexity index is 401. The van der Waals surface area contributed by atoms with Crippen molar-refractivity contribution in [2.75, 3.05) is 19.4 Å². The summed E-state index contributed by atoms with van der Waals surface area (Å²) in [5, 5.41) is 3.94. The number of aromatic nitrogens is 2. The van der Waals surface area contributed by atoms with Gasteiger partial charge in [0.1, 0.15) is 6.04 Å². The van der Waals surface area contributed by atoms with Crippen molar-refractivity contribution in [2.24, 2.45) is 0 Å². The Hall–Kier alpha value is -1.14. The Kier molecular flexibility index (Phi) is 7.43. The van der Waals surface area contributed by atoms with Crippen molar-refractivity contribution < 1.29 is 9.53 Å². The van der Waals surface area contributed by atoms with E-state index in [1.165, 1.54) is 7.11 Å². The summed E-state index contributed by atoms with van der Waals surface area (Å²) in [6, 6.07) is 1.62. The SMILES string of the molecule is CCCNC(CCSc1nccc(C)n1)C(=O)OC. The summed E-state index contributed by atoms with van der Waals surface area (Å²) in [4.78, 5) is 20.1. The number of carbonyl (C=O) groups excluding carboxylic acids is 1. The molecule has 19 heavy (non-hydrogen) atoms. The molecule has 0 saturated heterocycles. The van der Waals surface area contributed by atoms with Gasteiger partial charge in [-0.3, -0.25) is 4.79 Å². The van der Waals surface area contributed by atoms with E-state index in [-0.39, 0.29) is 12.0 Å². The average Bonchev–Trinajstić information content (AvgIpc) is 2.42. The Labute approximate surface area is 118 Å². The Morgan fingerprint density at radius 1 is 1.58 bits per heavy atom. The second-order valence-corrected chi connectivity index (χ2v) is 5.21. The number of thioether (sulfide) groups is 1. The smallest absolute Gasteiger partial charge is 0.322 e. The third-order valence-electron chi connectivity index (χ3n) is 2.54. The van der Waals surface area contributed by atoms with Gasteiger partial charge in [-0.25, -0.2) is 9.97 Å². The molecule has 0 bridgehead atoms. The number of aryl methyl sites for hydroxylation is 1. The highest BCUT2D eigenvalue weighted by atomic mass is 32.2. The summed E-state index contributed by atoms with van der Waals surface area (Å²) >= 11 is 1.55. The van der Waals surface area contributed by atoms with E-state index in [9.17, 15) is 4.79 Å². The fourth-order valence-electron chi connectivity index (χ4n) is 1.53. The zero-order valence-electron chi connectivity index (χ0n) is 11.7. The van der Waals surface area contributed by atoms with E-state index in [4.69, 9.17) is 4.74 Å². The van der Waals surface area contributed by atoms with Crippen molar-refractivity contribution in [1.82, 2.24) is 15.3 Å². The van der Waals surface area contributed by atoms with Gasteiger partial charge in [-0.2, -0.15) is 0 Å². The number of carbonyl (C=O) groups is 1. The van der Waals surface area contributed by atoms with E-state index in [0.717, 1.165) is 29.6 Å². The van der Waals surface area contributed by atoms with Gasteiger partial charge in [-0.15, -0.1) is 0 Å². The highest BCUT2D eigenvalue weighted by Crippen LogP contribution is 2.14. The van der Waals surface area contributed by atoms with Gasteiger partial charge in [0.2, 0.25) is 0 Å². The summed E-state index contributed by atoms with van der Waals surface area (Å²) in [5.74, 6) is 0.569. The van der Waals surface area contributed by atoms with Gasteiger partial charge >= 0.3 is 5.97 Å². The van der Waals surface area contributed by atoms with Gasteiger partial charge in [-0.05, 0) is 32.4 Å². The van der Waals surface area contributed by atoms with Crippen LogP contribution in [-0.4, -0.2) is 41.4 Å². The molecule has 0 fully saturated rings. The van der Waals surface area contributed by atoms with Crippen molar-refractivity contribution in [1.29, 1.82) is 0 Å². The molecule has 0 spiro atoms. The third-order valence-corrected chi connectivity index (χ3v) is 3.43. The molecule has 1 heterocycles. The number of nitrogens with zero attached hydrogens (tertiary/aromatic N) is 2. The van der Waals surface area contributed by atoms with Crippen LogP contribution in [0, 0.1) is 6.92 Å². The summed E-state index contributed by atoms with van der Waals surface area (Å²) in [6.07, 6.45) is 3.44. The maximum absolute atomic E-state index is 11.6. The van der Waals surface area contributed by atoms with Gasteiger partial charge in [0.25, 0.3) is 0 Å². The number of methoxy groups -OCH3 is 1. The fraction of sp³-hybridized carbons (Fsp3) is 0.615. The number of ether oxygens (including phenoxy) is 1. The Morgan fingerprint density at radius 3 is 3.00 bits per heavy atom. The van der Waals surface area contributed by atoms with Crippen LogP contribution in [0.2, 0.25) is 0 Å². The fourth-order valence-corrected chi connectivity index (χ4v) is 2.41. The maximum Gasteiger partial charge on any atom is 0.322 e. The van der Waals surface area contributed by atoms with Gasteiger partial charge in [0.05, 0.1) is 7.11 Å². The highest BCUT2D eigenvalue weighted by molar-refractivity contribution is 7.99. The lowest BCUT2D eigenvalue weighted by molar-refractivity contribution is -0.143. The molecule has 1 aromatic rings.